The van der Waals surface area contributed by atoms with E-state index in [9.17, 15) is 0 Å². The maximum Gasteiger partial charge on any atom is 0.0325 e. The molecule has 0 aromatic rings. The molecule has 2 nitrogen and oxygen atoms in total. The molecule has 2 heteroatoms. The summed E-state index contributed by atoms with van der Waals surface area (Å²) in [6, 6.07) is 0. The molecule has 16 heavy (non-hydrogen) atoms. The molecule has 0 saturated carbocycles. The summed E-state index contributed by atoms with van der Waals surface area (Å²) < 4.78 is 0. The lowest BCUT2D eigenvalue weighted by Crippen LogP contribution is -2.11. The van der Waals surface area contributed by atoms with E-state index in [1.807, 2.05) is 13.1 Å². The summed E-state index contributed by atoms with van der Waals surface area (Å²) in [4.78, 5) is 0. The second kappa shape index (κ2) is 12.3. The third-order valence-corrected chi connectivity index (χ3v) is 2.65. The molecule has 0 fully saturated rings. The van der Waals surface area contributed by atoms with Crippen molar-refractivity contribution in [2.24, 2.45) is 0 Å². The van der Waals surface area contributed by atoms with Crippen LogP contribution in [0.1, 0.15) is 44.9 Å². The summed E-state index contributed by atoms with van der Waals surface area (Å²) >= 11 is 0. The van der Waals surface area contributed by atoms with Crippen LogP contribution in [0.15, 0.2) is 24.9 Å². The number of unbranched alkanes of at least 4 members (excludes halogenated alkanes) is 5. The van der Waals surface area contributed by atoms with Crippen LogP contribution in [0.3, 0.4) is 0 Å². The second-order valence-electron chi connectivity index (χ2n) is 4.25. The Morgan fingerprint density at radius 3 is 2.31 bits per heavy atom. The first-order chi connectivity index (χ1) is 7.81. The molecule has 0 bridgehead atoms. The maximum absolute atomic E-state index is 3.98. The molecule has 94 valence electrons. The zero-order valence-corrected chi connectivity index (χ0v) is 10.9. The maximum atomic E-state index is 3.98. The monoisotopic (exact) mass is 224 g/mol. The minimum absolute atomic E-state index is 0.836. The molecule has 0 saturated heterocycles. The number of allylic oxidation sites excluding steroid dienone is 1. The lowest BCUT2D eigenvalue weighted by molar-refractivity contribution is 0.577. The SMILES string of the molecule is C=CCNC(=C)CCCCCCCCNC. The molecule has 0 unspecified atom stereocenters. The topological polar surface area (TPSA) is 24.1 Å². The van der Waals surface area contributed by atoms with E-state index in [2.05, 4.69) is 23.8 Å². The predicted octanol–water partition coefficient (Wildman–Crippen LogP) is 3.23. The van der Waals surface area contributed by atoms with Crippen LogP contribution in [0.2, 0.25) is 0 Å². The fraction of sp³-hybridized carbons (Fsp3) is 0.714. The van der Waals surface area contributed by atoms with E-state index in [1.54, 1.807) is 0 Å². The Morgan fingerprint density at radius 1 is 1.06 bits per heavy atom. The molecule has 0 radical (unpaired) electrons. The van der Waals surface area contributed by atoms with E-state index in [0.717, 1.165) is 25.2 Å². The van der Waals surface area contributed by atoms with E-state index in [4.69, 9.17) is 0 Å². The van der Waals surface area contributed by atoms with Crippen LogP contribution in [0.25, 0.3) is 0 Å². The molecule has 0 amide bonds. The molecular weight excluding hydrogens is 196 g/mol. The van der Waals surface area contributed by atoms with Gasteiger partial charge in [-0.3, -0.25) is 0 Å². The Labute approximate surface area is 101 Å². The van der Waals surface area contributed by atoms with Crippen molar-refractivity contribution in [1.82, 2.24) is 10.6 Å². The van der Waals surface area contributed by atoms with Gasteiger partial charge in [-0.1, -0.05) is 38.3 Å². The highest BCUT2D eigenvalue weighted by Gasteiger charge is 1.94. The lowest BCUT2D eigenvalue weighted by Gasteiger charge is -2.07. The summed E-state index contributed by atoms with van der Waals surface area (Å²) in [6.07, 6.45) is 11.0. The first-order valence-corrected chi connectivity index (χ1v) is 6.48. The fourth-order valence-electron chi connectivity index (χ4n) is 1.65. The zero-order valence-electron chi connectivity index (χ0n) is 10.9. The van der Waals surface area contributed by atoms with Gasteiger partial charge in [-0.05, 0) is 32.9 Å². The van der Waals surface area contributed by atoms with E-state index in [1.165, 1.54) is 38.5 Å². The van der Waals surface area contributed by atoms with Gasteiger partial charge in [0, 0.05) is 12.2 Å². The van der Waals surface area contributed by atoms with Crippen molar-refractivity contribution in [3.63, 3.8) is 0 Å². The first kappa shape index (κ1) is 15.2. The third-order valence-electron chi connectivity index (χ3n) is 2.65. The Balaban J connectivity index is 3.08. The predicted molar refractivity (Wildman–Crippen MR) is 73.6 cm³/mol. The Bertz CT molecular complexity index is 176. The average Bonchev–Trinajstić information content (AvgIpc) is 2.30. The van der Waals surface area contributed by atoms with Crippen LogP contribution in [-0.4, -0.2) is 20.1 Å². The molecule has 0 aliphatic heterocycles. The van der Waals surface area contributed by atoms with Crippen molar-refractivity contribution < 1.29 is 0 Å². The van der Waals surface area contributed by atoms with Crippen molar-refractivity contribution in [1.29, 1.82) is 0 Å². The van der Waals surface area contributed by atoms with Crippen LogP contribution in [0.4, 0.5) is 0 Å². The number of rotatable bonds is 12. The molecular formula is C14H28N2. The molecule has 0 aliphatic carbocycles. The molecule has 0 spiro atoms. The number of hydrogen-bond donors (Lipinski definition) is 2. The minimum Gasteiger partial charge on any atom is -0.385 e. The Hall–Kier alpha value is -0.760. The first-order valence-electron chi connectivity index (χ1n) is 6.48. The van der Waals surface area contributed by atoms with Crippen LogP contribution >= 0.6 is 0 Å². The van der Waals surface area contributed by atoms with E-state index < -0.39 is 0 Å². The van der Waals surface area contributed by atoms with Crippen molar-refractivity contribution in [3.8, 4) is 0 Å². The van der Waals surface area contributed by atoms with Crippen molar-refractivity contribution in [3.05, 3.63) is 24.9 Å². The molecule has 0 atom stereocenters. The highest BCUT2D eigenvalue weighted by Crippen LogP contribution is 2.09. The van der Waals surface area contributed by atoms with Gasteiger partial charge in [-0.25, -0.2) is 0 Å². The van der Waals surface area contributed by atoms with Gasteiger partial charge in [-0.15, -0.1) is 6.58 Å². The highest BCUT2D eigenvalue weighted by atomic mass is 14.9. The van der Waals surface area contributed by atoms with E-state index in [-0.39, 0.29) is 0 Å². The molecule has 2 N–H and O–H groups in total. The quantitative estimate of drug-likeness (QED) is 0.393. The lowest BCUT2D eigenvalue weighted by atomic mass is 10.1. The molecule has 0 aromatic heterocycles. The van der Waals surface area contributed by atoms with Crippen LogP contribution in [0.5, 0.6) is 0 Å². The molecule has 0 aliphatic rings. The van der Waals surface area contributed by atoms with Crippen LogP contribution in [-0.2, 0) is 0 Å². The van der Waals surface area contributed by atoms with Crippen molar-refractivity contribution >= 4 is 0 Å². The number of nitrogens with one attached hydrogen (secondary N) is 2. The number of hydrogen-bond acceptors (Lipinski definition) is 2. The fourth-order valence-corrected chi connectivity index (χ4v) is 1.65. The molecule has 0 rings (SSSR count). The van der Waals surface area contributed by atoms with Gasteiger partial charge in [-0.2, -0.15) is 0 Å². The van der Waals surface area contributed by atoms with Gasteiger partial charge in [0.25, 0.3) is 0 Å². The average molecular weight is 224 g/mol. The molecule has 0 heterocycles. The van der Waals surface area contributed by atoms with Crippen molar-refractivity contribution in [2.45, 2.75) is 44.9 Å². The van der Waals surface area contributed by atoms with Gasteiger partial charge in [0.05, 0.1) is 0 Å². The second-order valence-corrected chi connectivity index (χ2v) is 4.25. The standard InChI is InChI=1S/C14H28N2/c1-4-12-16-14(2)11-9-7-5-6-8-10-13-15-3/h4,15-16H,1-2,5-13H2,3H3. The largest absolute Gasteiger partial charge is 0.385 e. The Morgan fingerprint density at radius 2 is 1.69 bits per heavy atom. The minimum atomic E-state index is 0.836. The molecule has 0 aromatic carbocycles. The Kier molecular flexibility index (Phi) is 11.7. The van der Waals surface area contributed by atoms with Gasteiger partial charge in [0.1, 0.15) is 0 Å². The van der Waals surface area contributed by atoms with Gasteiger partial charge in [0.15, 0.2) is 0 Å². The van der Waals surface area contributed by atoms with Gasteiger partial charge < -0.3 is 10.6 Å². The van der Waals surface area contributed by atoms with Gasteiger partial charge in [0.2, 0.25) is 0 Å². The smallest absolute Gasteiger partial charge is 0.0325 e. The van der Waals surface area contributed by atoms with E-state index >= 15 is 0 Å². The summed E-state index contributed by atoms with van der Waals surface area (Å²) in [5, 5.41) is 6.41. The zero-order chi connectivity index (χ0) is 12.1. The normalized spacial score (nSPS) is 10.1. The highest BCUT2D eigenvalue weighted by molar-refractivity contribution is 4.92. The van der Waals surface area contributed by atoms with Crippen molar-refractivity contribution in [2.75, 3.05) is 20.1 Å². The van der Waals surface area contributed by atoms with Crippen LogP contribution < -0.4 is 10.6 Å². The summed E-state index contributed by atoms with van der Waals surface area (Å²) in [5.41, 5.74) is 1.15. The summed E-state index contributed by atoms with van der Waals surface area (Å²) in [7, 11) is 2.02. The third kappa shape index (κ3) is 11.3. The summed E-state index contributed by atoms with van der Waals surface area (Å²) in [5.74, 6) is 0. The van der Waals surface area contributed by atoms with E-state index in [0.29, 0.717) is 0 Å². The summed E-state index contributed by atoms with van der Waals surface area (Å²) in [6.45, 7) is 9.64. The van der Waals surface area contributed by atoms with Gasteiger partial charge >= 0.3 is 0 Å². The van der Waals surface area contributed by atoms with Crippen LogP contribution in [0, 0.1) is 0 Å².